The van der Waals surface area contributed by atoms with Crippen molar-refractivity contribution in [3.8, 4) is 0 Å². The number of aryl methyl sites for hydroxylation is 2. The molecule has 0 saturated carbocycles. The maximum Gasteiger partial charge on any atom is 0.263 e. The Morgan fingerprint density at radius 1 is 1.23 bits per heavy atom. The normalized spacial score (nSPS) is 13.4. The van der Waals surface area contributed by atoms with E-state index in [9.17, 15) is 9.59 Å². The SMILES string of the molecule is CCCn1c(SCc2cc(=O)n3cc(Cl)ccc3n2)nc2sc3c(c2c1=O)CCC3. The summed E-state index contributed by atoms with van der Waals surface area (Å²) in [5.41, 5.74) is 2.29. The number of fused-ring (bicyclic) bond motifs is 4. The molecule has 0 bridgehead atoms. The van der Waals surface area contributed by atoms with E-state index in [4.69, 9.17) is 16.6 Å². The lowest BCUT2D eigenvalue weighted by Gasteiger charge is -2.11. The van der Waals surface area contributed by atoms with E-state index in [-0.39, 0.29) is 11.1 Å². The molecule has 9 heteroatoms. The second-order valence-corrected chi connectivity index (χ2v) is 9.80. The van der Waals surface area contributed by atoms with E-state index in [1.165, 1.54) is 32.7 Å². The van der Waals surface area contributed by atoms with Crippen LogP contribution >= 0.6 is 34.7 Å². The van der Waals surface area contributed by atoms with Crippen molar-refractivity contribution in [3.63, 3.8) is 0 Å². The van der Waals surface area contributed by atoms with Crippen molar-refractivity contribution in [2.45, 2.75) is 50.1 Å². The van der Waals surface area contributed by atoms with Crippen molar-refractivity contribution in [2.75, 3.05) is 0 Å². The summed E-state index contributed by atoms with van der Waals surface area (Å²) in [6, 6.07) is 4.95. The van der Waals surface area contributed by atoms with Gasteiger partial charge in [-0.2, -0.15) is 0 Å². The van der Waals surface area contributed by atoms with Crippen molar-refractivity contribution < 1.29 is 0 Å². The highest BCUT2D eigenvalue weighted by Gasteiger charge is 2.23. The van der Waals surface area contributed by atoms with Gasteiger partial charge >= 0.3 is 0 Å². The van der Waals surface area contributed by atoms with E-state index in [0.717, 1.165) is 35.9 Å². The standard InChI is InChI=1S/C21H19ClN4O2S2/c1-2-8-25-20(28)18-14-4-3-5-15(14)30-19(18)24-21(25)29-11-13-9-17(27)26-10-12(22)6-7-16(26)23-13/h6-7,9-10H,2-5,8,11H2,1H3. The molecule has 0 aliphatic heterocycles. The molecule has 0 atom stereocenters. The molecule has 0 unspecified atom stereocenters. The number of aromatic nitrogens is 4. The van der Waals surface area contributed by atoms with Gasteiger partial charge in [-0.1, -0.05) is 30.3 Å². The fourth-order valence-corrected chi connectivity index (χ4v) is 6.31. The van der Waals surface area contributed by atoms with Gasteiger partial charge in [0, 0.05) is 29.4 Å². The number of halogens is 1. The van der Waals surface area contributed by atoms with Crippen LogP contribution < -0.4 is 11.1 Å². The Hall–Kier alpha value is -2.16. The lowest BCUT2D eigenvalue weighted by atomic mass is 10.2. The first-order valence-corrected chi connectivity index (χ1v) is 12.1. The summed E-state index contributed by atoms with van der Waals surface area (Å²) in [5.74, 6) is 0.459. The fraction of sp³-hybridized carbons (Fsp3) is 0.333. The summed E-state index contributed by atoms with van der Waals surface area (Å²) >= 11 is 9.08. The van der Waals surface area contributed by atoms with Gasteiger partial charge in [-0.3, -0.25) is 18.6 Å². The molecule has 0 N–H and O–H groups in total. The first-order chi connectivity index (χ1) is 14.5. The predicted molar refractivity (Wildman–Crippen MR) is 122 cm³/mol. The Balaban J connectivity index is 1.53. The van der Waals surface area contributed by atoms with Crippen molar-refractivity contribution in [3.05, 3.63) is 66.3 Å². The number of nitrogens with zero attached hydrogens (tertiary/aromatic N) is 4. The molecule has 6 nitrogen and oxygen atoms in total. The summed E-state index contributed by atoms with van der Waals surface area (Å²) in [4.78, 5) is 37.2. The minimum Gasteiger partial charge on any atom is -0.287 e. The molecule has 0 aromatic carbocycles. The van der Waals surface area contributed by atoms with Gasteiger partial charge in [0.05, 0.1) is 16.1 Å². The van der Waals surface area contributed by atoms with Crippen LogP contribution in [0, 0.1) is 0 Å². The fourth-order valence-electron chi connectivity index (χ4n) is 3.93. The van der Waals surface area contributed by atoms with E-state index >= 15 is 0 Å². The molecule has 30 heavy (non-hydrogen) atoms. The van der Waals surface area contributed by atoms with Crippen molar-refractivity contribution >= 4 is 50.6 Å². The lowest BCUT2D eigenvalue weighted by molar-refractivity contribution is 0.585. The maximum absolute atomic E-state index is 13.3. The van der Waals surface area contributed by atoms with Gasteiger partial charge in [0.25, 0.3) is 11.1 Å². The first-order valence-electron chi connectivity index (χ1n) is 9.91. The summed E-state index contributed by atoms with van der Waals surface area (Å²) in [6.45, 7) is 2.68. The number of thiophene rings is 1. The zero-order valence-electron chi connectivity index (χ0n) is 16.4. The second-order valence-electron chi connectivity index (χ2n) is 7.34. The van der Waals surface area contributed by atoms with Crippen LogP contribution in [0.15, 0.2) is 39.1 Å². The summed E-state index contributed by atoms with van der Waals surface area (Å²) in [5, 5.41) is 1.98. The average Bonchev–Trinajstić information content (AvgIpc) is 3.30. The van der Waals surface area contributed by atoms with Crippen LogP contribution in [0.2, 0.25) is 5.02 Å². The molecule has 1 aliphatic carbocycles. The maximum atomic E-state index is 13.3. The molecule has 0 saturated heterocycles. The Kier molecular flexibility index (Phi) is 5.16. The highest BCUT2D eigenvalue weighted by Crippen LogP contribution is 2.35. The molecule has 1 aliphatic rings. The number of hydrogen-bond donors (Lipinski definition) is 0. The lowest BCUT2D eigenvalue weighted by Crippen LogP contribution is -2.23. The largest absolute Gasteiger partial charge is 0.287 e. The van der Waals surface area contributed by atoms with Crippen LogP contribution in [-0.2, 0) is 25.1 Å². The third kappa shape index (κ3) is 3.36. The zero-order chi connectivity index (χ0) is 20.8. The third-order valence-electron chi connectivity index (χ3n) is 5.26. The van der Waals surface area contributed by atoms with Crippen LogP contribution in [0.5, 0.6) is 0 Å². The molecular formula is C21H19ClN4O2S2. The average molecular weight is 459 g/mol. The highest BCUT2D eigenvalue weighted by molar-refractivity contribution is 7.98. The third-order valence-corrected chi connectivity index (χ3v) is 7.68. The van der Waals surface area contributed by atoms with Gasteiger partial charge in [-0.05, 0) is 43.4 Å². The molecule has 0 amide bonds. The predicted octanol–water partition coefficient (Wildman–Crippen LogP) is 4.31. The molecule has 0 spiro atoms. The van der Waals surface area contributed by atoms with Gasteiger partial charge in [-0.15, -0.1) is 11.3 Å². The second kappa shape index (κ2) is 7.83. The van der Waals surface area contributed by atoms with E-state index in [1.807, 2.05) is 0 Å². The van der Waals surface area contributed by atoms with E-state index in [1.54, 1.807) is 34.2 Å². The Labute approximate surface area is 185 Å². The minimum absolute atomic E-state index is 0.0601. The van der Waals surface area contributed by atoms with Crippen LogP contribution in [0.25, 0.3) is 15.9 Å². The monoisotopic (exact) mass is 458 g/mol. The van der Waals surface area contributed by atoms with Crippen LogP contribution in [0.1, 0.15) is 35.9 Å². The Morgan fingerprint density at radius 3 is 2.93 bits per heavy atom. The topological polar surface area (TPSA) is 69.3 Å². The number of hydrogen-bond acceptors (Lipinski definition) is 6. The smallest absolute Gasteiger partial charge is 0.263 e. The molecule has 5 rings (SSSR count). The van der Waals surface area contributed by atoms with Gasteiger partial charge in [0.2, 0.25) is 0 Å². The molecular weight excluding hydrogens is 440 g/mol. The quantitative estimate of drug-likeness (QED) is 0.329. The van der Waals surface area contributed by atoms with Gasteiger partial charge in [-0.25, -0.2) is 9.97 Å². The van der Waals surface area contributed by atoms with Crippen LogP contribution in [0.4, 0.5) is 0 Å². The summed E-state index contributed by atoms with van der Waals surface area (Å²) in [6.07, 6.45) is 5.55. The van der Waals surface area contributed by atoms with Crippen molar-refractivity contribution in [1.29, 1.82) is 0 Å². The molecule has 0 fully saturated rings. The zero-order valence-corrected chi connectivity index (χ0v) is 18.7. The summed E-state index contributed by atoms with van der Waals surface area (Å²) < 4.78 is 3.22. The van der Waals surface area contributed by atoms with Crippen LogP contribution in [0.3, 0.4) is 0 Å². The molecule has 154 valence electrons. The first kappa shape index (κ1) is 19.8. The minimum atomic E-state index is -0.179. The Bertz CT molecular complexity index is 1410. The van der Waals surface area contributed by atoms with E-state index < -0.39 is 0 Å². The van der Waals surface area contributed by atoms with Crippen molar-refractivity contribution in [1.82, 2.24) is 18.9 Å². The molecule has 4 heterocycles. The molecule has 4 aromatic heterocycles. The molecule has 4 aromatic rings. The van der Waals surface area contributed by atoms with E-state index in [0.29, 0.717) is 33.8 Å². The highest BCUT2D eigenvalue weighted by atomic mass is 35.5. The van der Waals surface area contributed by atoms with Crippen molar-refractivity contribution in [2.24, 2.45) is 0 Å². The van der Waals surface area contributed by atoms with Gasteiger partial charge in [0.15, 0.2) is 5.16 Å². The van der Waals surface area contributed by atoms with Crippen LogP contribution in [-0.4, -0.2) is 18.9 Å². The number of rotatable bonds is 5. The summed E-state index contributed by atoms with van der Waals surface area (Å²) in [7, 11) is 0. The molecule has 0 radical (unpaired) electrons. The number of thioether (sulfide) groups is 1. The number of pyridine rings is 1. The Morgan fingerprint density at radius 2 is 2.10 bits per heavy atom. The van der Waals surface area contributed by atoms with Gasteiger partial charge < -0.3 is 0 Å². The van der Waals surface area contributed by atoms with Gasteiger partial charge in [0.1, 0.15) is 10.5 Å². The van der Waals surface area contributed by atoms with E-state index in [2.05, 4.69) is 11.9 Å².